The van der Waals surface area contributed by atoms with Gasteiger partial charge in [-0.1, -0.05) is 12.1 Å². The molecule has 0 bridgehead atoms. The van der Waals surface area contributed by atoms with Gasteiger partial charge in [-0.05, 0) is 30.7 Å². The molecule has 2 atom stereocenters. The van der Waals surface area contributed by atoms with Crippen molar-refractivity contribution >= 4 is 11.7 Å². The number of amides is 1. The third-order valence-electron chi connectivity index (χ3n) is 7.70. The SMILES string of the molecule is COc1ccc(CN2C=C(C(F)(F)F)C(N[C@@H](C)COCCC(=O)N3CCN4c5ncc(C(F)(F)F)cc5OC[C@@H]4C3)=CN2)cc1. The van der Waals surface area contributed by atoms with Gasteiger partial charge in [0.25, 0.3) is 0 Å². The first kappa shape index (κ1) is 33.0. The van der Waals surface area contributed by atoms with Gasteiger partial charge in [-0.15, -0.1) is 0 Å². The van der Waals surface area contributed by atoms with Crippen LogP contribution >= 0.6 is 0 Å². The number of benzene rings is 1. The second-order valence-corrected chi connectivity index (χ2v) is 11.1. The summed E-state index contributed by atoms with van der Waals surface area (Å²) in [6.07, 6.45) is -6.05. The van der Waals surface area contributed by atoms with E-state index in [4.69, 9.17) is 14.2 Å². The fraction of sp³-hybridized carbons (Fsp3) is 0.467. The topological polar surface area (TPSA) is 91.4 Å². The minimum atomic E-state index is -4.61. The number of halogens is 6. The van der Waals surface area contributed by atoms with Gasteiger partial charge in [-0.2, -0.15) is 26.3 Å². The number of anilines is 1. The lowest BCUT2D eigenvalue weighted by Crippen LogP contribution is -2.58. The summed E-state index contributed by atoms with van der Waals surface area (Å²) in [5.74, 6) is 0.847. The zero-order valence-electron chi connectivity index (χ0n) is 25.1. The number of pyridine rings is 1. The van der Waals surface area contributed by atoms with Gasteiger partial charge in [-0.25, -0.2) is 4.98 Å². The van der Waals surface area contributed by atoms with E-state index in [1.165, 1.54) is 18.3 Å². The number of methoxy groups -OCH3 is 1. The summed E-state index contributed by atoms with van der Waals surface area (Å²) >= 11 is 0. The van der Waals surface area contributed by atoms with E-state index in [1.54, 1.807) is 36.1 Å². The summed E-state index contributed by atoms with van der Waals surface area (Å²) in [4.78, 5) is 20.3. The van der Waals surface area contributed by atoms with Gasteiger partial charge in [0.1, 0.15) is 12.4 Å². The van der Waals surface area contributed by atoms with Crippen LogP contribution in [0.1, 0.15) is 24.5 Å². The summed E-state index contributed by atoms with van der Waals surface area (Å²) < 4.78 is 97.1. The molecule has 2 aromatic rings. The van der Waals surface area contributed by atoms with E-state index in [-0.39, 0.29) is 56.2 Å². The molecule has 0 unspecified atom stereocenters. The smallest absolute Gasteiger partial charge is 0.419 e. The predicted molar refractivity (Wildman–Crippen MR) is 154 cm³/mol. The fourth-order valence-electron chi connectivity index (χ4n) is 5.34. The third-order valence-corrected chi connectivity index (χ3v) is 7.70. The average molecular weight is 657 g/mol. The maximum Gasteiger partial charge on any atom is 0.419 e. The van der Waals surface area contributed by atoms with Gasteiger partial charge in [0.2, 0.25) is 5.91 Å². The quantitative estimate of drug-likeness (QED) is 0.289. The molecule has 0 radical (unpaired) electrons. The number of hydrogen-bond acceptors (Lipinski definition) is 9. The van der Waals surface area contributed by atoms with Crippen molar-refractivity contribution in [1.29, 1.82) is 0 Å². The average Bonchev–Trinajstić information content (AvgIpc) is 3.02. The van der Waals surface area contributed by atoms with Crippen LogP contribution in [0, 0.1) is 0 Å². The Morgan fingerprint density at radius 2 is 1.91 bits per heavy atom. The molecule has 0 aliphatic carbocycles. The molecule has 250 valence electrons. The molecule has 1 fully saturated rings. The molecule has 5 rings (SSSR count). The maximum absolute atomic E-state index is 13.9. The van der Waals surface area contributed by atoms with Crippen LogP contribution in [0.2, 0.25) is 0 Å². The predicted octanol–water partition coefficient (Wildman–Crippen LogP) is 4.21. The van der Waals surface area contributed by atoms with Gasteiger partial charge in [0.15, 0.2) is 11.6 Å². The van der Waals surface area contributed by atoms with Crippen molar-refractivity contribution in [2.45, 2.75) is 44.3 Å². The van der Waals surface area contributed by atoms with Crippen LogP contribution in [0.15, 0.2) is 60.2 Å². The highest BCUT2D eigenvalue weighted by Gasteiger charge is 2.40. The lowest BCUT2D eigenvalue weighted by atomic mass is 10.1. The highest BCUT2D eigenvalue weighted by molar-refractivity contribution is 5.77. The Labute approximate surface area is 261 Å². The Morgan fingerprint density at radius 3 is 2.61 bits per heavy atom. The number of aromatic nitrogens is 1. The molecular formula is C30H34F6N6O4. The van der Waals surface area contributed by atoms with Gasteiger partial charge >= 0.3 is 12.4 Å². The summed E-state index contributed by atoms with van der Waals surface area (Å²) in [6, 6.07) is 7.16. The number of carbonyl (C=O) groups is 1. The molecule has 1 saturated heterocycles. The molecule has 16 heteroatoms. The number of rotatable bonds is 10. The van der Waals surface area contributed by atoms with Crippen molar-refractivity contribution in [3.63, 3.8) is 0 Å². The normalized spacial score (nSPS) is 18.8. The van der Waals surface area contributed by atoms with E-state index >= 15 is 0 Å². The zero-order chi connectivity index (χ0) is 33.1. The van der Waals surface area contributed by atoms with Gasteiger partial charge in [-0.3, -0.25) is 9.80 Å². The lowest BCUT2D eigenvalue weighted by Gasteiger charge is -2.44. The molecule has 3 aliphatic rings. The number of piperazine rings is 1. The monoisotopic (exact) mass is 656 g/mol. The van der Waals surface area contributed by atoms with E-state index in [2.05, 4.69) is 15.7 Å². The molecule has 46 heavy (non-hydrogen) atoms. The number of hydrogen-bond donors (Lipinski definition) is 2. The second kappa shape index (κ2) is 13.6. The van der Waals surface area contributed by atoms with Crippen molar-refractivity contribution < 1.29 is 45.3 Å². The zero-order valence-corrected chi connectivity index (χ0v) is 25.1. The highest BCUT2D eigenvalue weighted by Crippen LogP contribution is 2.38. The van der Waals surface area contributed by atoms with Gasteiger partial charge < -0.3 is 34.8 Å². The summed E-state index contributed by atoms with van der Waals surface area (Å²) in [5.41, 5.74) is 1.77. The Kier molecular flexibility index (Phi) is 9.74. The number of nitrogens with zero attached hydrogens (tertiary/aromatic N) is 4. The van der Waals surface area contributed by atoms with E-state index in [0.29, 0.717) is 31.2 Å². The first-order chi connectivity index (χ1) is 21.8. The van der Waals surface area contributed by atoms with E-state index in [0.717, 1.165) is 24.0 Å². The number of allylic oxidation sites excluding steroid dienone is 1. The number of alkyl halides is 6. The van der Waals surface area contributed by atoms with E-state index in [9.17, 15) is 31.1 Å². The second-order valence-electron chi connectivity index (χ2n) is 11.1. The Morgan fingerprint density at radius 1 is 1.15 bits per heavy atom. The number of fused-ring (bicyclic) bond motifs is 3. The van der Waals surface area contributed by atoms with E-state index in [1.807, 2.05) is 4.90 Å². The molecule has 4 heterocycles. The summed E-state index contributed by atoms with van der Waals surface area (Å²) in [6.45, 7) is 3.12. The number of ether oxygens (including phenoxy) is 3. The molecule has 0 spiro atoms. The first-order valence-electron chi connectivity index (χ1n) is 14.6. The Balaban J connectivity index is 1.06. The summed E-state index contributed by atoms with van der Waals surface area (Å²) in [5, 5.41) is 4.17. The van der Waals surface area contributed by atoms with Crippen LogP contribution in [-0.2, 0) is 22.3 Å². The molecule has 1 aromatic heterocycles. The van der Waals surface area contributed by atoms with Gasteiger partial charge in [0, 0.05) is 44.3 Å². The van der Waals surface area contributed by atoms with Crippen LogP contribution in [-0.4, -0.2) is 85.6 Å². The molecule has 2 N–H and O–H groups in total. The van der Waals surface area contributed by atoms with Crippen molar-refractivity contribution in [3.05, 3.63) is 71.3 Å². The highest BCUT2D eigenvalue weighted by atomic mass is 19.4. The Hall–Kier alpha value is -4.34. The molecule has 1 amide bonds. The van der Waals surface area contributed by atoms with Crippen LogP contribution in [0.3, 0.4) is 0 Å². The number of nitrogens with one attached hydrogen (secondary N) is 2. The standard InChI is InChI=1S/C30H34F6N6O4/c1-19(39-25-13-38-41(16-24(25)30(34,35)36)14-20-3-5-23(44-2)6-4-20)17-45-10-7-27(43)40-8-9-42-22(15-40)18-46-26-11-21(29(31,32)33)12-37-28(26)42/h3-6,11-13,16,19,22,38-39H,7-10,14-15,17-18H2,1-2H3/t19-,22-/m0/s1. The van der Waals surface area contributed by atoms with Crippen molar-refractivity contribution in [2.24, 2.45) is 0 Å². The van der Waals surface area contributed by atoms with Crippen LogP contribution in [0.4, 0.5) is 32.2 Å². The van der Waals surface area contributed by atoms with Crippen LogP contribution < -0.4 is 25.1 Å². The van der Waals surface area contributed by atoms with Gasteiger partial charge in [0.05, 0.1) is 56.2 Å². The number of carbonyl (C=O) groups excluding carboxylic acids is 1. The molecule has 10 nitrogen and oxygen atoms in total. The molecule has 1 aromatic carbocycles. The van der Waals surface area contributed by atoms with Crippen molar-refractivity contribution in [3.8, 4) is 11.5 Å². The first-order valence-corrected chi connectivity index (χ1v) is 14.6. The summed E-state index contributed by atoms with van der Waals surface area (Å²) in [7, 11) is 1.53. The van der Waals surface area contributed by atoms with Crippen LogP contribution in [0.25, 0.3) is 0 Å². The maximum atomic E-state index is 13.9. The lowest BCUT2D eigenvalue weighted by molar-refractivity contribution is -0.138. The van der Waals surface area contributed by atoms with E-state index < -0.39 is 29.5 Å². The molecular weight excluding hydrogens is 622 g/mol. The molecule has 0 saturated carbocycles. The largest absolute Gasteiger partial charge is 0.497 e. The number of hydrazine groups is 1. The van der Waals surface area contributed by atoms with Crippen molar-refractivity contribution in [1.82, 2.24) is 25.6 Å². The minimum Gasteiger partial charge on any atom is -0.497 e. The van der Waals surface area contributed by atoms with Crippen molar-refractivity contribution in [2.75, 3.05) is 51.5 Å². The Bertz CT molecular complexity index is 1450. The minimum absolute atomic E-state index is 0.0535. The van der Waals surface area contributed by atoms with Crippen LogP contribution in [0.5, 0.6) is 11.5 Å². The molecule has 3 aliphatic heterocycles. The fourth-order valence-corrected chi connectivity index (χ4v) is 5.34. The third kappa shape index (κ3) is 7.89.